The van der Waals surface area contributed by atoms with Crippen molar-refractivity contribution in [1.82, 2.24) is 4.90 Å². The molecule has 0 aliphatic rings. The van der Waals surface area contributed by atoms with Crippen LogP contribution in [0.3, 0.4) is 0 Å². The lowest BCUT2D eigenvalue weighted by Gasteiger charge is -2.22. The van der Waals surface area contributed by atoms with Crippen LogP contribution in [0, 0.1) is 0 Å². The number of hydrogen-bond acceptors (Lipinski definition) is 1. The van der Waals surface area contributed by atoms with Gasteiger partial charge in [0.25, 0.3) is 5.91 Å². The number of nitrogens with zero attached hydrogens (tertiary/aromatic N) is 1. The maximum absolute atomic E-state index is 12.3. The van der Waals surface area contributed by atoms with Gasteiger partial charge in [-0.05, 0) is 30.5 Å². The summed E-state index contributed by atoms with van der Waals surface area (Å²) in [5.41, 5.74) is 1.34. The Kier molecular flexibility index (Phi) is 4.97. The van der Waals surface area contributed by atoms with Gasteiger partial charge in [0.05, 0.1) is 0 Å². The molecule has 106 valence electrons. The highest BCUT2D eigenvalue weighted by Gasteiger charge is 2.32. The van der Waals surface area contributed by atoms with E-state index in [1.165, 1.54) is 6.92 Å². The molecule has 0 aliphatic carbocycles. The van der Waals surface area contributed by atoms with Crippen LogP contribution in [0.5, 0.6) is 0 Å². The standard InChI is InChI=1S/C14H18F3NO/c1-4-18(9-14(15,16)17)13(19)12-7-5-11(6-8-12)10(2)3/h5-8,10H,4,9H2,1-3H3. The van der Waals surface area contributed by atoms with Crippen molar-refractivity contribution in [2.24, 2.45) is 0 Å². The van der Waals surface area contributed by atoms with Gasteiger partial charge in [-0.15, -0.1) is 0 Å². The second-order valence-corrected chi connectivity index (χ2v) is 4.71. The Labute approximate surface area is 111 Å². The first kappa shape index (κ1) is 15.5. The maximum atomic E-state index is 12.3. The summed E-state index contributed by atoms with van der Waals surface area (Å²) >= 11 is 0. The molecule has 0 radical (unpaired) electrons. The van der Waals surface area contributed by atoms with E-state index in [4.69, 9.17) is 0 Å². The van der Waals surface area contributed by atoms with Crippen LogP contribution in [0.1, 0.15) is 42.6 Å². The van der Waals surface area contributed by atoms with Crippen molar-refractivity contribution in [3.63, 3.8) is 0 Å². The molecule has 0 bridgehead atoms. The highest BCUT2D eigenvalue weighted by molar-refractivity contribution is 5.94. The molecule has 0 unspecified atom stereocenters. The van der Waals surface area contributed by atoms with Crippen molar-refractivity contribution in [3.05, 3.63) is 35.4 Å². The van der Waals surface area contributed by atoms with Crippen molar-refractivity contribution in [2.45, 2.75) is 32.9 Å². The van der Waals surface area contributed by atoms with Crippen molar-refractivity contribution in [1.29, 1.82) is 0 Å². The van der Waals surface area contributed by atoms with Gasteiger partial charge < -0.3 is 4.90 Å². The highest BCUT2D eigenvalue weighted by Crippen LogP contribution is 2.19. The molecule has 1 aromatic rings. The van der Waals surface area contributed by atoms with E-state index in [2.05, 4.69) is 0 Å². The van der Waals surface area contributed by atoms with E-state index in [9.17, 15) is 18.0 Å². The van der Waals surface area contributed by atoms with Crippen LogP contribution in [-0.2, 0) is 0 Å². The van der Waals surface area contributed by atoms with Crippen molar-refractivity contribution in [2.75, 3.05) is 13.1 Å². The van der Waals surface area contributed by atoms with E-state index in [0.29, 0.717) is 5.92 Å². The monoisotopic (exact) mass is 273 g/mol. The first-order valence-corrected chi connectivity index (χ1v) is 6.20. The molecule has 0 heterocycles. The molecule has 0 saturated carbocycles. The lowest BCUT2D eigenvalue weighted by atomic mass is 10.0. The maximum Gasteiger partial charge on any atom is 0.406 e. The third kappa shape index (κ3) is 4.58. The minimum Gasteiger partial charge on any atom is -0.330 e. The second-order valence-electron chi connectivity index (χ2n) is 4.71. The average Bonchev–Trinajstić information content (AvgIpc) is 2.34. The predicted molar refractivity (Wildman–Crippen MR) is 68.2 cm³/mol. The zero-order valence-corrected chi connectivity index (χ0v) is 11.3. The van der Waals surface area contributed by atoms with Gasteiger partial charge >= 0.3 is 6.18 Å². The molecule has 19 heavy (non-hydrogen) atoms. The fourth-order valence-corrected chi connectivity index (χ4v) is 1.74. The summed E-state index contributed by atoms with van der Waals surface area (Å²) in [5.74, 6) is -0.267. The van der Waals surface area contributed by atoms with Crippen molar-refractivity contribution in [3.8, 4) is 0 Å². The van der Waals surface area contributed by atoms with Crippen LogP contribution in [0.25, 0.3) is 0 Å². The Morgan fingerprint density at radius 3 is 2.11 bits per heavy atom. The SMILES string of the molecule is CCN(CC(F)(F)F)C(=O)c1ccc(C(C)C)cc1. The van der Waals surface area contributed by atoms with Gasteiger partial charge in [-0.1, -0.05) is 26.0 Å². The fraction of sp³-hybridized carbons (Fsp3) is 0.500. The number of halogens is 3. The molecule has 0 saturated heterocycles. The molecule has 0 N–H and O–H groups in total. The Morgan fingerprint density at radius 2 is 1.74 bits per heavy atom. The van der Waals surface area contributed by atoms with E-state index in [0.717, 1.165) is 10.5 Å². The summed E-state index contributed by atoms with van der Waals surface area (Å²) in [5, 5.41) is 0. The van der Waals surface area contributed by atoms with Gasteiger partial charge in [0.2, 0.25) is 0 Å². The fourth-order valence-electron chi connectivity index (χ4n) is 1.74. The molecular formula is C14H18F3NO. The van der Waals surface area contributed by atoms with Crippen LogP contribution in [0.2, 0.25) is 0 Å². The molecule has 5 heteroatoms. The normalized spacial score (nSPS) is 11.7. The van der Waals surface area contributed by atoms with Gasteiger partial charge in [0.15, 0.2) is 0 Å². The summed E-state index contributed by atoms with van der Waals surface area (Å²) in [4.78, 5) is 12.8. The third-order valence-electron chi connectivity index (χ3n) is 2.86. The number of amides is 1. The minimum atomic E-state index is -4.37. The molecule has 1 aromatic carbocycles. The van der Waals surface area contributed by atoms with Crippen LogP contribution in [-0.4, -0.2) is 30.1 Å². The van der Waals surface area contributed by atoms with Crippen molar-refractivity contribution < 1.29 is 18.0 Å². The Hall–Kier alpha value is -1.52. The van der Waals surface area contributed by atoms with E-state index >= 15 is 0 Å². The number of benzene rings is 1. The number of rotatable bonds is 4. The first-order chi connectivity index (χ1) is 8.74. The van der Waals surface area contributed by atoms with Crippen LogP contribution < -0.4 is 0 Å². The van der Waals surface area contributed by atoms with Crippen LogP contribution in [0.15, 0.2) is 24.3 Å². The molecule has 0 aromatic heterocycles. The quantitative estimate of drug-likeness (QED) is 0.816. The molecule has 0 aliphatic heterocycles. The zero-order chi connectivity index (χ0) is 14.6. The third-order valence-corrected chi connectivity index (χ3v) is 2.86. The average molecular weight is 273 g/mol. The highest BCUT2D eigenvalue weighted by atomic mass is 19.4. The summed E-state index contributed by atoms with van der Waals surface area (Å²) < 4.78 is 37.0. The summed E-state index contributed by atoms with van der Waals surface area (Å²) in [7, 11) is 0. The molecule has 1 rings (SSSR count). The summed E-state index contributed by atoms with van der Waals surface area (Å²) in [6.45, 7) is 4.38. The van der Waals surface area contributed by atoms with Crippen LogP contribution >= 0.6 is 0 Å². The predicted octanol–water partition coefficient (Wildman–Crippen LogP) is 3.83. The Morgan fingerprint density at radius 1 is 1.21 bits per heavy atom. The number of alkyl halides is 3. The van der Waals surface area contributed by atoms with Gasteiger partial charge in [-0.25, -0.2) is 0 Å². The first-order valence-electron chi connectivity index (χ1n) is 6.20. The lowest BCUT2D eigenvalue weighted by Crippen LogP contribution is -2.38. The summed E-state index contributed by atoms with van der Waals surface area (Å²) in [6, 6.07) is 6.71. The summed E-state index contributed by atoms with van der Waals surface area (Å²) in [6.07, 6.45) is -4.37. The molecule has 0 fully saturated rings. The molecular weight excluding hydrogens is 255 g/mol. The molecule has 0 spiro atoms. The Balaban J connectivity index is 2.86. The van der Waals surface area contributed by atoms with Crippen LogP contribution in [0.4, 0.5) is 13.2 Å². The number of carbonyl (C=O) groups excluding carboxylic acids is 1. The topological polar surface area (TPSA) is 20.3 Å². The zero-order valence-electron chi connectivity index (χ0n) is 11.3. The van der Waals surface area contributed by atoms with Crippen molar-refractivity contribution >= 4 is 5.91 Å². The smallest absolute Gasteiger partial charge is 0.330 e. The minimum absolute atomic E-state index is 0.0320. The van der Waals surface area contributed by atoms with Gasteiger partial charge in [0.1, 0.15) is 6.54 Å². The molecule has 2 nitrogen and oxygen atoms in total. The Bertz CT molecular complexity index is 423. The molecule has 1 amide bonds. The van der Waals surface area contributed by atoms with E-state index in [1.54, 1.807) is 24.3 Å². The van der Waals surface area contributed by atoms with E-state index in [1.807, 2.05) is 13.8 Å². The van der Waals surface area contributed by atoms with E-state index < -0.39 is 18.6 Å². The second kappa shape index (κ2) is 6.08. The number of hydrogen-bond donors (Lipinski definition) is 0. The largest absolute Gasteiger partial charge is 0.406 e. The van der Waals surface area contributed by atoms with Gasteiger partial charge in [-0.3, -0.25) is 4.79 Å². The van der Waals surface area contributed by atoms with E-state index in [-0.39, 0.29) is 12.1 Å². The molecule has 0 atom stereocenters. The lowest BCUT2D eigenvalue weighted by molar-refractivity contribution is -0.140. The van der Waals surface area contributed by atoms with Gasteiger partial charge in [0, 0.05) is 12.1 Å². The number of carbonyl (C=O) groups is 1. The van der Waals surface area contributed by atoms with Gasteiger partial charge in [-0.2, -0.15) is 13.2 Å².